The van der Waals surface area contributed by atoms with E-state index in [0.717, 1.165) is 25.7 Å². The number of amides is 1. The first kappa shape index (κ1) is 22.4. The molecule has 0 spiro atoms. The fraction of sp³-hybridized carbons (Fsp3) is 0.600. The average Bonchev–Trinajstić information content (AvgIpc) is 2.98. The number of likely N-dealkylation sites (tertiary alicyclic amines) is 1. The highest BCUT2D eigenvalue weighted by Crippen LogP contribution is 2.31. The third-order valence-corrected chi connectivity index (χ3v) is 6.43. The predicted molar refractivity (Wildman–Crippen MR) is 108 cm³/mol. The topological polar surface area (TPSA) is 111 Å². The van der Waals surface area contributed by atoms with Gasteiger partial charge >= 0.3 is 5.97 Å². The van der Waals surface area contributed by atoms with E-state index >= 15 is 0 Å². The van der Waals surface area contributed by atoms with Crippen LogP contribution in [0.1, 0.15) is 39.0 Å². The maximum atomic E-state index is 12.5. The van der Waals surface area contributed by atoms with Crippen LogP contribution in [-0.2, 0) is 24.3 Å². The number of carbonyl (C=O) groups is 2. The molecule has 10 heteroatoms. The van der Waals surface area contributed by atoms with E-state index in [0.29, 0.717) is 37.8 Å². The number of benzene rings is 1. The molecule has 0 radical (unpaired) electrons. The van der Waals surface area contributed by atoms with Crippen molar-refractivity contribution in [2.24, 2.45) is 0 Å². The molecule has 3 rings (SSSR count). The normalized spacial score (nSPS) is 17.7. The molecular weight excluding hydrogens is 412 g/mol. The number of rotatable bonds is 7. The summed E-state index contributed by atoms with van der Waals surface area (Å²) < 4.78 is 43.6. The highest BCUT2D eigenvalue weighted by molar-refractivity contribution is 7.89. The standard InChI is InChI=1S/C20H28N2O7S/c1-15(20(24)22-10-3-2-4-11-22)29-19(23)8-9-21-30(25,26)16-6-7-17-18(14-16)28-13-5-12-27-17/h6-7,14-15,21H,2-5,8-13H2,1H3. The van der Waals surface area contributed by atoms with Crippen molar-refractivity contribution in [1.82, 2.24) is 9.62 Å². The van der Waals surface area contributed by atoms with E-state index < -0.39 is 22.1 Å². The van der Waals surface area contributed by atoms with Crippen LogP contribution >= 0.6 is 0 Å². The number of ether oxygens (including phenoxy) is 3. The van der Waals surface area contributed by atoms with Gasteiger partial charge in [0, 0.05) is 32.1 Å². The van der Waals surface area contributed by atoms with E-state index in [2.05, 4.69) is 4.72 Å². The molecule has 1 fully saturated rings. The Labute approximate surface area is 176 Å². The van der Waals surface area contributed by atoms with Gasteiger partial charge in [0.25, 0.3) is 5.91 Å². The van der Waals surface area contributed by atoms with Gasteiger partial charge in [0.2, 0.25) is 10.0 Å². The lowest BCUT2D eigenvalue weighted by molar-refractivity contribution is -0.159. The minimum atomic E-state index is -3.83. The minimum absolute atomic E-state index is 0.0220. The van der Waals surface area contributed by atoms with E-state index in [1.165, 1.54) is 19.1 Å². The van der Waals surface area contributed by atoms with Crippen molar-refractivity contribution in [3.8, 4) is 11.5 Å². The van der Waals surface area contributed by atoms with Gasteiger partial charge in [0.15, 0.2) is 17.6 Å². The van der Waals surface area contributed by atoms with Crippen molar-refractivity contribution >= 4 is 21.9 Å². The number of nitrogens with one attached hydrogen (secondary N) is 1. The largest absolute Gasteiger partial charge is 0.490 e. The molecular formula is C20H28N2O7S. The van der Waals surface area contributed by atoms with Gasteiger partial charge in [-0.3, -0.25) is 9.59 Å². The van der Waals surface area contributed by atoms with E-state index in [9.17, 15) is 18.0 Å². The molecule has 9 nitrogen and oxygen atoms in total. The quantitative estimate of drug-likeness (QED) is 0.639. The van der Waals surface area contributed by atoms with Gasteiger partial charge in [0.1, 0.15) is 0 Å². The van der Waals surface area contributed by atoms with Crippen LogP contribution < -0.4 is 14.2 Å². The van der Waals surface area contributed by atoms with Gasteiger partial charge in [-0.1, -0.05) is 0 Å². The Morgan fingerprint density at radius 3 is 2.53 bits per heavy atom. The van der Waals surface area contributed by atoms with Gasteiger partial charge in [0.05, 0.1) is 24.5 Å². The molecule has 1 atom stereocenters. The lowest BCUT2D eigenvalue weighted by Crippen LogP contribution is -2.42. The van der Waals surface area contributed by atoms with Crippen LogP contribution in [0, 0.1) is 0 Å². The number of fused-ring (bicyclic) bond motifs is 1. The molecule has 2 aliphatic heterocycles. The van der Waals surface area contributed by atoms with Crippen LogP contribution in [0.2, 0.25) is 0 Å². The molecule has 1 saturated heterocycles. The lowest BCUT2D eigenvalue weighted by atomic mass is 10.1. The molecule has 0 aromatic heterocycles. The Kier molecular flexibility index (Phi) is 7.54. The van der Waals surface area contributed by atoms with Crippen LogP contribution in [-0.4, -0.2) is 64.1 Å². The molecule has 2 heterocycles. The second kappa shape index (κ2) is 10.1. The fourth-order valence-corrected chi connectivity index (χ4v) is 4.41. The van der Waals surface area contributed by atoms with Crippen molar-refractivity contribution < 1.29 is 32.2 Å². The zero-order chi connectivity index (χ0) is 21.6. The summed E-state index contributed by atoms with van der Waals surface area (Å²) in [4.78, 5) is 26.1. The molecule has 1 aromatic rings. The number of hydrogen-bond donors (Lipinski definition) is 1. The molecule has 1 N–H and O–H groups in total. The SMILES string of the molecule is CC(OC(=O)CCNS(=O)(=O)c1ccc2c(c1)OCCCO2)C(=O)N1CCCCC1. The Morgan fingerprint density at radius 2 is 1.80 bits per heavy atom. The van der Waals surface area contributed by atoms with Crippen LogP contribution in [0.4, 0.5) is 0 Å². The summed E-state index contributed by atoms with van der Waals surface area (Å²) in [5, 5.41) is 0. The highest BCUT2D eigenvalue weighted by atomic mass is 32.2. The Bertz CT molecular complexity index is 866. The minimum Gasteiger partial charge on any atom is -0.490 e. The van der Waals surface area contributed by atoms with Crippen LogP contribution in [0.25, 0.3) is 0 Å². The van der Waals surface area contributed by atoms with Gasteiger partial charge in [-0.15, -0.1) is 0 Å². The average molecular weight is 441 g/mol. The summed E-state index contributed by atoms with van der Waals surface area (Å²) in [5.74, 6) is 0.0345. The van der Waals surface area contributed by atoms with Gasteiger partial charge in [-0.05, 0) is 38.3 Å². The molecule has 0 aliphatic carbocycles. The molecule has 2 aliphatic rings. The molecule has 166 valence electrons. The van der Waals surface area contributed by atoms with Crippen LogP contribution in [0.3, 0.4) is 0 Å². The zero-order valence-electron chi connectivity index (χ0n) is 17.1. The number of carbonyl (C=O) groups excluding carboxylic acids is 2. The Hall–Kier alpha value is -2.33. The summed E-state index contributed by atoms with van der Waals surface area (Å²) in [6.45, 7) is 3.71. The van der Waals surface area contributed by atoms with Crippen molar-refractivity contribution in [1.29, 1.82) is 0 Å². The monoisotopic (exact) mass is 440 g/mol. The Balaban J connectivity index is 1.48. The summed E-state index contributed by atoms with van der Waals surface area (Å²) in [6.07, 6.45) is 2.66. The van der Waals surface area contributed by atoms with E-state index in [1.54, 1.807) is 11.0 Å². The van der Waals surface area contributed by atoms with Gasteiger partial charge in [-0.2, -0.15) is 0 Å². The Morgan fingerprint density at radius 1 is 1.10 bits per heavy atom. The van der Waals surface area contributed by atoms with Crippen LogP contribution in [0.15, 0.2) is 23.1 Å². The van der Waals surface area contributed by atoms with E-state index in [-0.39, 0.29) is 23.8 Å². The molecule has 30 heavy (non-hydrogen) atoms. The molecule has 0 saturated carbocycles. The van der Waals surface area contributed by atoms with Crippen molar-refractivity contribution in [3.63, 3.8) is 0 Å². The molecule has 1 aromatic carbocycles. The first-order valence-corrected chi connectivity index (χ1v) is 11.7. The maximum Gasteiger partial charge on any atom is 0.307 e. The third kappa shape index (κ3) is 5.85. The summed E-state index contributed by atoms with van der Waals surface area (Å²) in [6, 6.07) is 4.38. The molecule has 1 unspecified atom stereocenters. The number of hydrogen-bond acceptors (Lipinski definition) is 7. The predicted octanol–water partition coefficient (Wildman–Crippen LogP) is 1.46. The molecule has 0 bridgehead atoms. The molecule has 1 amide bonds. The van der Waals surface area contributed by atoms with Gasteiger partial charge < -0.3 is 19.1 Å². The zero-order valence-corrected chi connectivity index (χ0v) is 17.9. The van der Waals surface area contributed by atoms with E-state index in [4.69, 9.17) is 14.2 Å². The number of piperidine rings is 1. The van der Waals surface area contributed by atoms with Gasteiger partial charge in [-0.25, -0.2) is 13.1 Å². The summed E-state index contributed by atoms with van der Waals surface area (Å²) in [7, 11) is -3.83. The second-order valence-corrected chi connectivity index (χ2v) is 9.09. The summed E-state index contributed by atoms with van der Waals surface area (Å²) >= 11 is 0. The van der Waals surface area contributed by atoms with Crippen molar-refractivity contribution in [2.45, 2.75) is 50.0 Å². The first-order valence-electron chi connectivity index (χ1n) is 10.2. The lowest BCUT2D eigenvalue weighted by Gasteiger charge is -2.28. The van der Waals surface area contributed by atoms with E-state index in [1.807, 2.05) is 0 Å². The smallest absolute Gasteiger partial charge is 0.307 e. The third-order valence-electron chi connectivity index (χ3n) is 4.97. The first-order chi connectivity index (χ1) is 14.4. The van der Waals surface area contributed by atoms with Crippen molar-refractivity contribution in [3.05, 3.63) is 18.2 Å². The number of sulfonamides is 1. The van der Waals surface area contributed by atoms with Crippen molar-refractivity contribution in [2.75, 3.05) is 32.8 Å². The number of nitrogens with zero attached hydrogens (tertiary/aromatic N) is 1. The second-order valence-electron chi connectivity index (χ2n) is 7.32. The fourth-order valence-electron chi connectivity index (χ4n) is 3.36. The number of esters is 1. The maximum absolute atomic E-state index is 12.5. The van der Waals surface area contributed by atoms with Crippen LogP contribution in [0.5, 0.6) is 11.5 Å². The highest BCUT2D eigenvalue weighted by Gasteiger charge is 2.25. The summed E-state index contributed by atoms with van der Waals surface area (Å²) in [5.41, 5.74) is 0.